The fourth-order valence-electron chi connectivity index (χ4n) is 2.92. The number of carbonyl (C=O) groups is 1. The summed E-state index contributed by atoms with van der Waals surface area (Å²) < 4.78 is 0. The molecule has 0 bridgehead atoms. The highest BCUT2D eigenvalue weighted by Gasteiger charge is 2.27. The zero-order chi connectivity index (χ0) is 17.1. The van der Waals surface area contributed by atoms with Gasteiger partial charge in [-0.1, -0.05) is 11.6 Å². The number of amides is 1. The Balaban J connectivity index is 1.88. The normalized spacial score (nSPS) is 15.5. The number of halogens is 1. The summed E-state index contributed by atoms with van der Waals surface area (Å²) in [4.78, 5) is 36.8. The second-order valence-corrected chi connectivity index (χ2v) is 6.09. The summed E-state index contributed by atoms with van der Waals surface area (Å²) in [5.74, 6) is 0.459. The average Bonchev–Trinajstić information content (AvgIpc) is 2.64. The van der Waals surface area contributed by atoms with Crippen molar-refractivity contribution < 1.29 is 4.79 Å². The van der Waals surface area contributed by atoms with Crippen LogP contribution in [0, 0.1) is 0 Å². The maximum atomic E-state index is 12.2. The first-order valence-corrected chi connectivity index (χ1v) is 8.16. The molecule has 3 heterocycles. The molecular formula is C16H18ClN5O2. The summed E-state index contributed by atoms with van der Waals surface area (Å²) in [6.07, 6.45) is 4.69. The van der Waals surface area contributed by atoms with Crippen LogP contribution in [0.4, 0.5) is 0 Å². The van der Waals surface area contributed by atoms with Crippen LogP contribution in [0.3, 0.4) is 0 Å². The smallest absolute Gasteiger partial charge is 0.270 e. The first-order chi connectivity index (χ1) is 11.6. The van der Waals surface area contributed by atoms with Gasteiger partial charge >= 0.3 is 0 Å². The highest BCUT2D eigenvalue weighted by atomic mass is 35.5. The number of likely N-dealkylation sites (tertiary alicyclic amines) is 1. The van der Waals surface area contributed by atoms with Crippen molar-refractivity contribution in [1.29, 1.82) is 0 Å². The molecule has 0 saturated carbocycles. The summed E-state index contributed by atoms with van der Waals surface area (Å²) in [6, 6.07) is 3.55. The molecule has 1 aliphatic rings. The van der Waals surface area contributed by atoms with Crippen LogP contribution in [0.15, 0.2) is 29.3 Å². The molecule has 0 unspecified atom stereocenters. The van der Waals surface area contributed by atoms with E-state index in [1.165, 1.54) is 0 Å². The quantitative estimate of drug-likeness (QED) is 0.866. The minimum absolute atomic E-state index is 0.0148. The van der Waals surface area contributed by atoms with E-state index in [1.54, 1.807) is 29.4 Å². The number of H-pyrrole nitrogens is 1. The second-order valence-electron chi connectivity index (χ2n) is 5.71. The third kappa shape index (κ3) is 3.32. The van der Waals surface area contributed by atoms with Gasteiger partial charge in [0.25, 0.3) is 5.56 Å². The molecule has 24 heavy (non-hydrogen) atoms. The predicted molar refractivity (Wildman–Crippen MR) is 90.7 cm³/mol. The van der Waals surface area contributed by atoms with Crippen LogP contribution in [0.5, 0.6) is 0 Å². The molecule has 2 aromatic rings. The monoisotopic (exact) mass is 347 g/mol. The molecule has 1 saturated heterocycles. The third-order valence-electron chi connectivity index (χ3n) is 4.25. The highest BCUT2D eigenvalue weighted by Crippen LogP contribution is 2.30. The van der Waals surface area contributed by atoms with Crippen LogP contribution in [-0.2, 0) is 4.79 Å². The summed E-state index contributed by atoms with van der Waals surface area (Å²) in [6.45, 7) is 1.20. The van der Waals surface area contributed by atoms with E-state index in [0.29, 0.717) is 37.4 Å². The largest absolute Gasteiger partial charge is 0.342 e. The van der Waals surface area contributed by atoms with E-state index in [-0.39, 0.29) is 29.0 Å². The molecule has 3 rings (SSSR count). The second kappa shape index (κ2) is 7.11. The SMILES string of the molecule is NCC(=O)N1CCC(c2nc(-c3ccncc3)[nH]c(=O)c2Cl)CC1. The van der Waals surface area contributed by atoms with Gasteiger partial charge in [0.2, 0.25) is 5.91 Å². The maximum Gasteiger partial charge on any atom is 0.270 e. The Bertz CT molecular complexity index is 785. The molecule has 0 atom stereocenters. The van der Waals surface area contributed by atoms with Crippen LogP contribution in [0.2, 0.25) is 5.02 Å². The Morgan fingerprint density at radius 1 is 1.33 bits per heavy atom. The number of rotatable bonds is 3. The highest BCUT2D eigenvalue weighted by molar-refractivity contribution is 6.31. The number of nitrogens with two attached hydrogens (primary N) is 1. The summed E-state index contributed by atoms with van der Waals surface area (Å²) >= 11 is 6.19. The molecule has 126 valence electrons. The number of nitrogens with one attached hydrogen (secondary N) is 1. The van der Waals surface area contributed by atoms with Gasteiger partial charge in [0.1, 0.15) is 10.8 Å². The van der Waals surface area contributed by atoms with Gasteiger partial charge in [0.15, 0.2) is 0 Å². The van der Waals surface area contributed by atoms with E-state index in [2.05, 4.69) is 15.0 Å². The molecule has 1 amide bonds. The van der Waals surface area contributed by atoms with E-state index in [9.17, 15) is 9.59 Å². The van der Waals surface area contributed by atoms with Crippen molar-refractivity contribution in [1.82, 2.24) is 19.9 Å². The van der Waals surface area contributed by atoms with Gasteiger partial charge in [0.05, 0.1) is 12.2 Å². The van der Waals surface area contributed by atoms with E-state index in [4.69, 9.17) is 17.3 Å². The predicted octanol–water partition coefficient (Wildman–Crippen LogP) is 1.15. The van der Waals surface area contributed by atoms with Crippen molar-refractivity contribution >= 4 is 17.5 Å². The van der Waals surface area contributed by atoms with Gasteiger partial charge in [-0.05, 0) is 25.0 Å². The van der Waals surface area contributed by atoms with E-state index >= 15 is 0 Å². The van der Waals surface area contributed by atoms with Gasteiger partial charge in [-0.3, -0.25) is 14.6 Å². The van der Waals surface area contributed by atoms with Crippen molar-refractivity contribution in [2.24, 2.45) is 5.73 Å². The summed E-state index contributed by atoms with van der Waals surface area (Å²) in [5.41, 5.74) is 6.41. The van der Waals surface area contributed by atoms with Crippen LogP contribution in [-0.4, -0.2) is 45.4 Å². The average molecular weight is 348 g/mol. The number of pyridine rings is 1. The molecule has 2 aromatic heterocycles. The van der Waals surface area contributed by atoms with E-state index in [1.807, 2.05) is 0 Å². The number of hydrogen-bond acceptors (Lipinski definition) is 5. The lowest BCUT2D eigenvalue weighted by molar-refractivity contribution is -0.130. The molecule has 0 aromatic carbocycles. The number of aromatic nitrogens is 3. The molecule has 8 heteroatoms. The lowest BCUT2D eigenvalue weighted by atomic mass is 9.93. The molecule has 0 aliphatic carbocycles. The number of aromatic amines is 1. The first kappa shape index (κ1) is 16.6. The summed E-state index contributed by atoms with van der Waals surface area (Å²) in [7, 11) is 0. The van der Waals surface area contributed by atoms with Crippen LogP contribution in [0.25, 0.3) is 11.4 Å². The van der Waals surface area contributed by atoms with Crippen LogP contribution >= 0.6 is 11.6 Å². The van der Waals surface area contributed by atoms with E-state index in [0.717, 1.165) is 5.56 Å². The lowest BCUT2D eigenvalue weighted by Crippen LogP contribution is -2.41. The molecule has 1 fully saturated rings. The van der Waals surface area contributed by atoms with Gasteiger partial charge in [-0.25, -0.2) is 4.98 Å². The van der Waals surface area contributed by atoms with Crippen molar-refractivity contribution in [3.8, 4) is 11.4 Å². The number of carbonyl (C=O) groups excluding carboxylic acids is 1. The zero-order valence-corrected chi connectivity index (χ0v) is 13.8. The van der Waals surface area contributed by atoms with Gasteiger partial charge in [-0.2, -0.15) is 0 Å². The minimum atomic E-state index is -0.353. The Morgan fingerprint density at radius 3 is 2.62 bits per heavy atom. The van der Waals surface area contributed by atoms with Crippen molar-refractivity contribution in [2.75, 3.05) is 19.6 Å². The first-order valence-electron chi connectivity index (χ1n) is 7.78. The minimum Gasteiger partial charge on any atom is -0.342 e. The Hall–Kier alpha value is -2.25. The number of piperidine rings is 1. The summed E-state index contributed by atoms with van der Waals surface area (Å²) in [5, 5.41) is 0.122. The Kier molecular flexibility index (Phi) is 4.92. The number of hydrogen-bond donors (Lipinski definition) is 2. The van der Waals surface area contributed by atoms with Gasteiger partial charge in [-0.15, -0.1) is 0 Å². The van der Waals surface area contributed by atoms with Crippen molar-refractivity contribution in [2.45, 2.75) is 18.8 Å². The standard InChI is InChI=1S/C16H18ClN5O2/c17-13-14(10-3-7-22(8-4-10)12(23)9-18)20-15(21-16(13)24)11-1-5-19-6-2-11/h1-2,5-6,10H,3-4,7-9,18H2,(H,20,21,24). The van der Waals surface area contributed by atoms with Crippen LogP contribution < -0.4 is 11.3 Å². The molecule has 0 spiro atoms. The molecule has 0 radical (unpaired) electrons. The molecule has 1 aliphatic heterocycles. The Labute approximate surface area is 143 Å². The van der Waals surface area contributed by atoms with Gasteiger partial charge < -0.3 is 15.6 Å². The van der Waals surface area contributed by atoms with E-state index < -0.39 is 0 Å². The molecular weight excluding hydrogens is 330 g/mol. The van der Waals surface area contributed by atoms with Gasteiger partial charge in [0, 0.05) is 37.0 Å². The third-order valence-corrected chi connectivity index (χ3v) is 4.62. The van der Waals surface area contributed by atoms with Crippen LogP contribution in [0.1, 0.15) is 24.5 Å². The fourth-order valence-corrected chi connectivity index (χ4v) is 3.17. The van der Waals surface area contributed by atoms with Crippen molar-refractivity contribution in [3.05, 3.63) is 45.6 Å². The fraction of sp³-hybridized carbons (Fsp3) is 0.375. The molecule has 7 nitrogen and oxygen atoms in total. The maximum absolute atomic E-state index is 12.2. The topological polar surface area (TPSA) is 105 Å². The number of nitrogens with zero attached hydrogens (tertiary/aromatic N) is 3. The Morgan fingerprint density at radius 2 is 2.00 bits per heavy atom. The molecule has 3 N–H and O–H groups in total. The zero-order valence-electron chi connectivity index (χ0n) is 13.0. The van der Waals surface area contributed by atoms with Crippen molar-refractivity contribution in [3.63, 3.8) is 0 Å². The lowest BCUT2D eigenvalue weighted by Gasteiger charge is -2.31.